The monoisotopic (exact) mass is 429 g/mol. The number of aryl methyl sites for hydroxylation is 1. The summed E-state index contributed by atoms with van der Waals surface area (Å²) in [5, 5.41) is 11.6. The first-order valence-electron chi connectivity index (χ1n) is 11.1. The van der Waals surface area contributed by atoms with Crippen LogP contribution in [0.3, 0.4) is 0 Å². The molecular weight excluding hydrogens is 394 g/mol. The molecule has 0 aliphatic heterocycles. The van der Waals surface area contributed by atoms with Gasteiger partial charge in [0.15, 0.2) is 0 Å². The molecule has 0 bridgehead atoms. The summed E-state index contributed by atoms with van der Waals surface area (Å²) in [5.74, 6) is 0.526. The lowest BCUT2D eigenvalue weighted by molar-refractivity contribution is -0.124. The van der Waals surface area contributed by atoms with Gasteiger partial charge in [-0.2, -0.15) is 0 Å². The normalized spacial score (nSPS) is 11.5. The molecule has 2 aromatic rings. The number of hydrogen-bond acceptors (Lipinski definition) is 5. The number of fused-ring (bicyclic) bond motifs is 1. The van der Waals surface area contributed by atoms with Gasteiger partial charge in [0, 0.05) is 38.6 Å². The minimum atomic E-state index is -0.573. The molecule has 2 amide bonds. The fraction of sp³-hybridized carbons (Fsp3) is 0.522. The number of carbonyl (C=O) groups excluding carboxylic acids is 2. The van der Waals surface area contributed by atoms with E-state index in [2.05, 4.69) is 28.6 Å². The zero-order chi connectivity index (χ0) is 22.6. The Bertz CT molecular complexity index is 887. The highest BCUT2D eigenvalue weighted by molar-refractivity contribution is 5.91. The number of hydroxylamine groups is 1. The number of amides is 2. The third kappa shape index (κ3) is 7.48. The van der Waals surface area contributed by atoms with Crippen LogP contribution >= 0.6 is 0 Å². The Morgan fingerprint density at radius 2 is 2.00 bits per heavy atom. The maximum absolute atomic E-state index is 11.7. The van der Waals surface area contributed by atoms with E-state index >= 15 is 0 Å². The predicted molar refractivity (Wildman–Crippen MR) is 123 cm³/mol. The van der Waals surface area contributed by atoms with E-state index in [0.29, 0.717) is 13.0 Å². The van der Waals surface area contributed by atoms with Crippen molar-refractivity contribution in [3.05, 3.63) is 35.7 Å². The van der Waals surface area contributed by atoms with Gasteiger partial charge in [0.1, 0.15) is 5.82 Å². The molecule has 1 aromatic carbocycles. The quantitative estimate of drug-likeness (QED) is 0.197. The zero-order valence-electron chi connectivity index (χ0n) is 18.9. The van der Waals surface area contributed by atoms with Crippen LogP contribution in [0.4, 0.5) is 0 Å². The molecule has 1 aromatic heterocycles. The van der Waals surface area contributed by atoms with Crippen molar-refractivity contribution < 1.29 is 14.8 Å². The number of imidazole rings is 1. The molecule has 0 saturated carbocycles. The van der Waals surface area contributed by atoms with Crippen molar-refractivity contribution >= 4 is 28.9 Å². The Hall–Kier alpha value is -2.71. The molecule has 0 aliphatic carbocycles. The molecule has 2 rings (SSSR count). The second-order valence-electron chi connectivity index (χ2n) is 7.47. The van der Waals surface area contributed by atoms with Gasteiger partial charge in [-0.25, -0.2) is 10.5 Å². The first kappa shape index (κ1) is 24.6. The van der Waals surface area contributed by atoms with Gasteiger partial charge in [-0.05, 0) is 49.7 Å². The first-order chi connectivity index (χ1) is 15.0. The van der Waals surface area contributed by atoms with Crippen LogP contribution < -0.4 is 10.8 Å². The molecule has 8 nitrogen and oxygen atoms in total. The molecule has 0 atom stereocenters. The van der Waals surface area contributed by atoms with Crippen LogP contribution in [0.25, 0.3) is 17.1 Å². The topological polar surface area (TPSA) is 99.5 Å². The summed E-state index contributed by atoms with van der Waals surface area (Å²) in [7, 11) is 0. The van der Waals surface area contributed by atoms with Crippen LogP contribution in [0.15, 0.2) is 24.3 Å². The summed E-state index contributed by atoms with van der Waals surface area (Å²) in [6.07, 6.45) is 5.93. The molecule has 0 radical (unpaired) electrons. The zero-order valence-corrected chi connectivity index (χ0v) is 18.9. The minimum absolute atomic E-state index is 0.0980. The van der Waals surface area contributed by atoms with Crippen molar-refractivity contribution in [2.24, 2.45) is 0 Å². The number of rotatable bonds is 13. The molecule has 0 unspecified atom stereocenters. The molecule has 0 spiro atoms. The number of carbonyl (C=O) groups is 2. The van der Waals surface area contributed by atoms with Crippen LogP contribution in [-0.4, -0.2) is 57.7 Å². The van der Waals surface area contributed by atoms with Crippen LogP contribution in [0.1, 0.15) is 51.4 Å². The van der Waals surface area contributed by atoms with Gasteiger partial charge in [-0.3, -0.25) is 14.8 Å². The van der Waals surface area contributed by atoms with E-state index in [1.165, 1.54) is 6.08 Å². The fourth-order valence-electron chi connectivity index (χ4n) is 3.52. The van der Waals surface area contributed by atoms with Crippen molar-refractivity contribution in [3.8, 4) is 0 Å². The van der Waals surface area contributed by atoms with Gasteiger partial charge < -0.3 is 14.8 Å². The number of nitrogens with zero attached hydrogens (tertiary/aromatic N) is 3. The average molecular weight is 430 g/mol. The highest BCUT2D eigenvalue weighted by Gasteiger charge is 2.12. The minimum Gasteiger partial charge on any atom is -0.356 e. The molecular formula is C23H35N5O3. The van der Waals surface area contributed by atoms with Crippen molar-refractivity contribution in [3.63, 3.8) is 0 Å². The van der Waals surface area contributed by atoms with Crippen molar-refractivity contribution in [2.45, 2.75) is 53.0 Å². The Kier molecular flexibility index (Phi) is 10.2. The molecule has 31 heavy (non-hydrogen) atoms. The fourth-order valence-corrected chi connectivity index (χ4v) is 3.52. The van der Waals surface area contributed by atoms with E-state index in [1.54, 1.807) is 11.6 Å². The third-order valence-corrected chi connectivity index (χ3v) is 5.30. The Morgan fingerprint density at radius 1 is 1.23 bits per heavy atom. The molecule has 0 saturated heterocycles. The Morgan fingerprint density at radius 3 is 2.68 bits per heavy atom. The number of benzene rings is 1. The maximum atomic E-state index is 11.7. The Balaban J connectivity index is 2.20. The molecule has 0 aliphatic rings. The average Bonchev–Trinajstić information content (AvgIpc) is 3.12. The summed E-state index contributed by atoms with van der Waals surface area (Å²) < 4.78 is 2.26. The summed E-state index contributed by atoms with van der Waals surface area (Å²) in [5.41, 5.74) is 4.35. The summed E-state index contributed by atoms with van der Waals surface area (Å²) in [6.45, 7) is 10.8. The Labute approximate surface area is 184 Å². The van der Waals surface area contributed by atoms with Gasteiger partial charge in [-0.1, -0.05) is 26.8 Å². The predicted octanol–water partition coefficient (Wildman–Crippen LogP) is 2.75. The van der Waals surface area contributed by atoms with Gasteiger partial charge in [-0.15, -0.1) is 0 Å². The SMILES string of the molecule is CCCC(=O)NCCCc1nc2cc(/C=C/C(=O)NO)ccc2n1CCN(CC)CC. The van der Waals surface area contributed by atoms with Crippen LogP contribution in [0.5, 0.6) is 0 Å². The van der Waals surface area contributed by atoms with Gasteiger partial charge in [0.25, 0.3) is 5.91 Å². The molecule has 170 valence electrons. The van der Waals surface area contributed by atoms with E-state index in [0.717, 1.165) is 67.9 Å². The lowest BCUT2D eigenvalue weighted by Crippen LogP contribution is -2.27. The van der Waals surface area contributed by atoms with E-state index in [1.807, 2.05) is 25.1 Å². The molecule has 0 fully saturated rings. The van der Waals surface area contributed by atoms with Crippen LogP contribution in [-0.2, 0) is 22.6 Å². The highest BCUT2D eigenvalue weighted by Crippen LogP contribution is 2.20. The third-order valence-electron chi connectivity index (χ3n) is 5.30. The summed E-state index contributed by atoms with van der Waals surface area (Å²) >= 11 is 0. The molecule has 3 N–H and O–H groups in total. The van der Waals surface area contributed by atoms with Crippen molar-refractivity contribution in [2.75, 3.05) is 26.2 Å². The van der Waals surface area contributed by atoms with E-state index in [9.17, 15) is 9.59 Å². The second kappa shape index (κ2) is 12.9. The van der Waals surface area contributed by atoms with Gasteiger partial charge in [0.05, 0.1) is 11.0 Å². The van der Waals surface area contributed by atoms with E-state index < -0.39 is 5.91 Å². The summed E-state index contributed by atoms with van der Waals surface area (Å²) in [6, 6.07) is 5.90. The lowest BCUT2D eigenvalue weighted by Gasteiger charge is -2.19. The number of aromatic nitrogens is 2. The number of likely N-dealkylation sites (N-methyl/N-ethyl adjacent to an activating group) is 1. The summed E-state index contributed by atoms with van der Waals surface area (Å²) in [4.78, 5) is 30.2. The highest BCUT2D eigenvalue weighted by atomic mass is 16.5. The van der Waals surface area contributed by atoms with E-state index in [4.69, 9.17) is 10.2 Å². The standard InChI is InChI=1S/C23H35N5O3/c1-4-8-22(29)24-14-7-9-21-25-19-17-18(11-13-23(30)26-31)10-12-20(19)28(21)16-15-27(5-2)6-3/h10-13,17,31H,4-9,14-16H2,1-3H3,(H,24,29)(H,26,30)/b13-11+. The van der Waals surface area contributed by atoms with Gasteiger partial charge in [0.2, 0.25) is 5.91 Å². The largest absolute Gasteiger partial charge is 0.356 e. The number of hydrogen-bond donors (Lipinski definition) is 3. The van der Waals surface area contributed by atoms with Crippen molar-refractivity contribution in [1.29, 1.82) is 0 Å². The smallest absolute Gasteiger partial charge is 0.267 e. The molecule has 1 heterocycles. The second-order valence-corrected chi connectivity index (χ2v) is 7.47. The van der Waals surface area contributed by atoms with Crippen LogP contribution in [0, 0.1) is 0 Å². The van der Waals surface area contributed by atoms with Gasteiger partial charge >= 0.3 is 0 Å². The lowest BCUT2D eigenvalue weighted by atomic mass is 10.2. The maximum Gasteiger partial charge on any atom is 0.267 e. The van der Waals surface area contributed by atoms with Crippen LogP contribution in [0.2, 0.25) is 0 Å². The first-order valence-corrected chi connectivity index (χ1v) is 11.1. The van der Waals surface area contributed by atoms with Crippen molar-refractivity contribution in [1.82, 2.24) is 25.2 Å². The van der Waals surface area contributed by atoms with E-state index in [-0.39, 0.29) is 5.91 Å². The number of nitrogens with one attached hydrogen (secondary N) is 2. The molecule has 8 heteroatoms.